The average molecular weight is 243 g/mol. The number of nitrogens with two attached hydrogens (primary N) is 1. The van der Waals surface area contributed by atoms with E-state index in [0.717, 1.165) is 29.8 Å². The molecule has 1 aromatic carbocycles. The first-order valence-electron chi connectivity index (χ1n) is 6.24. The lowest BCUT2D eigenvalue weighted by atomic mass is 10.0. The van der Waals surface area contributed by atoms with Gasteiger partial charge in [-0.2, -0.15) is 5.10 Å². The molecule has 4 nitrogen and oxygen atoms in total. The smallest absolute Gasteiger partial charge is 0.120 e. The second-order valence-corrected chi connectivity index (χ2v) is 4.75. The summed E-state index contributed by atoms with van der Waals surface area (Å²) >= 11 is 0. The predicted octanol–water partition coefficient (Wildman–Crippen LogP) is 2.01. The van der Waals surface area contributed by atoms with Crippen molar-refractivity contribution >= 4 is 0 Å². The second kappa shape index (κ2) is 4.46. The summed E-state index contributed by atoms with van der Waals surface area (Å²) in [5.41, 5.74) is 8.31. The largest absolute Gasteiger partial charge is 0.490 e. The molecule has 0 saturated heterocycles. The van der Waals surface area contributed by atoms with Crippen LogP contribution in [0.15, 0.2) is 36.5 Å². The van der Waals surface area contributed by atoms with E-state index in [1.807, 2.05) is 37.4 Å². The molecule has 1 fully saturated rings. The molecule has 1 unspecified atom stereocenters. The highest BCUT2D eigenvalue weighted by Gasteiger charge is 2.23. The van der Waals surface area contributed by atoms with Gasteiger partial charge in [-0.3, -0.25) is 4.68 Å². The Balaban J connectivity index is 1.84. The van der Waals surface area contributed by atoms with Crippen LogP contribution in [0, 0.1) is 0 Å². The van der Waals surface area contributed by atoms with Crippen molar-refractivity contribution in [3.05, 3.63) is 47.8 Å². The van der Waals surface area contributed by atoms with Gasteiger partial charge in [-0.1, -0.05) is 12.1 Å². The molecule has 1 atom stereocenters. The van der Waals surface area contributed by atoms with Gasteiger partial charge in [-0.25, -0.2) is 0 Å². The van der Waals surface area contributed by atoms with Crippen LogP contribution < -0.4 is 10.5 Å². The van der Waals surface area contributed by atoms with Gasteiger partial charge in [-0.15, -0.1) is 0 Å². The Morgan fingerprint density at radius 3 is 2.89 bits per heavy atom. The van der Waals surface area contributed by atoms with Gasteiger partial charge >= 0.3 is 0 Å². The normalized spacial score (nSPS) is 16.6. The van der Waals surface area contributed by atoms with E-state index in [1.165, 1.54) is 0 Å². The zero-order chi connectivity index (χ0) is 12.5. The molecule has 0 aliphatic heterocycles. The summed E-state index contributed by atoms with van der Waals surface area (Å²) in [6.07, 6.45) is 4.50. The van der Waals surface area contributed by atoms with E-state index in [2.05, 4.69) is 5.10 Å². The third kappa shape index (κ3) is 2.24. The average Bonchev–Trinajstić information content (AvgIpc) is 3.08. The molecule has 3 rings (SSSR count). The molecule has 1 saturated carbocycles. The number of hydrogen-bond acceptors (Lipinski definition) is 3. The van der Waals surface area contributed by atoms with E-state index >= 15 is 0 Å². The summed E-state index contributed by atoms with van der Waals surface area (Å²) in [4.78, 5) is 0. The van der Waals surface area contributed by atoms with E-state index in [1.54, 1.807) is 10.9 Å². The molecular formula is C14H17N3O. The summed E-state index contributed by atoms with van der Waals surface area (Å²) in [7, 11) is 1.90. The van der Waals surface area contributed by atoms with Crippen molar-refractivity contribution in [3.8, 4) is 5.75 Å². The van der Waals surface area contributed by atoms with E-state index in [9.17, 15) is 0 Å². The summed E-state index contributed by atoms with van der Waals surface area (Å²) in [5.74, 6) is 0.910. The van der Waals surface area contributed by atoms with Crippen molar-refractivity contribution in [2.45, 2.75) is 25.0 Å². The summed E-state index contributed by atoms with van der Waals surface area (Å²) in [5, 5.41) is 4.15. The van der Waals surface area contributed by atoms with E-state index in [4.69, 9.17) is 10.5 Å². The lowest BCUT2D eigenvalue weighted by Crippen LogP contribution is -2.16. The van der Waals surface area contributed by atoms with Gasteiger partial charge in [0, 0.05) is 13.2 Å². The molecule has 18 heavy (non-hydrogen) atoms. The summed E-state index contributed by atoms with van der Waals surface area (Å²) < 4.78 is 7.59. The van der Waals surface area contributed by atoms with Crippen molar-refractivity contribution in [2.75, 3.05) is 0 Å². The van der Waals surface area contributed by atoms with Crippen molar-refractivity contribution in [2.24, 2.45) is 12.8 Å². The van der Waals surface area contributed by atoms with Crippen molar-refractivity contribution in [1.29, 1.82) is 0 Å². The number of benzene rings is 1. The Hall–Kier alpha value is -1.81. The topological polar surface area (TPSA) is 53.1 Å². The highest BCUT2D eigenvalue weighted by molar-refractivity contribution is 5.34. The van der Waals surface area contributed by atoms with Gasteiger partial charge < -0.3 is 10.5 Å². The molecule has 1 aromatic heterocycles. The fourth-order valence-electron chi connectivity index (χ4n) is 2.02. The number of aryl methyl sites for hydroxylation is 1. The SMILES string of the molecule is Cn1nccc1C(N)c1cccc(OC2CC2)c1. The lowest BCUT2D eigenvalue weighted by Gasteiger charge is -2.14. The maximum absolute atomic E-state index is 6.26. The first kappa shape index (κ1) is 11.3. The van der Waals surface area contributed by atoms with Crippen LogP contribution in [0.5, 0.6) is 5.75 Å². The van der Waals surface area contributed by atoms with Crippen LogP contribution in [0.3, 0.4) is 0 Å². The molecule has 2 aromatic rings. The van der Waals surface area contributed by atoms with E-state index in [-0.39, 0.29) is 6.04 Å². The van der Waals surface area contributed by atoms with Crippen LogP contribution >= 0.6 is 0 Å². The van der Waals surface area contributed by atoms with Crippen molar-refractivity contribution < 1.29 is 4.74 Å². The highest BCUT2D eigenvalue weighted by Crippen LogP contribution is 2.29. The first-order valence-corrected chi connectivity index (χ1v) is 6.24. The van der Waals surface area contributed by atoms with Gasteiger partial charge in [0.05, 0.1) is 17.8 Å². The van der Waals surface area contributed by atoms with Gasteiger partial charge in [0.15, 0.2) is 0 Å². The van der Waals surface area contributed by atoms with Crippen LogP contribution in [-0.4, -0.2) is 15.9 Å². The van der Waals surface area contributed by atoms with Crippen molar-refractivity contribution in [3.63, 3.8) is 0 Å². The standard InChI is InChI=1S/C14H17N3O/c1-17-13(7-8-16-17)14(15)10-3-2-4-12(9-10)18-11-5-6-11/h2-4,7-9,11,14H,5-6,15H2,1H3. The Kier molecular flexibility index (Phi) is 2.80. The third-order valence-corrected chi connectivity index (χ3v) is 3.22. The number of rotatable bonds is 4. The molecule has 0 radical (unpaired) electrons. The Labute approximate surface area is 106 Å². The minimum Gasteiger partial charge on any atom is -0.490 e. The molecule has 0 amide bonds. The molecule has 2 N–H and O–H groups in total. The minimum atomic E-state index is -0.166. The Bertz CT molecular complexity index is 545. The predicted molar refractivity (Wildman–Crippen MR) is 69.3 cm³/mol. The van der Waals surface area contributed by atoms with Crippen LogP contribution in [-0.2, 0) is 7.05 Å². The number of hydrogen-bond donors (Lipinski definition) is 1. The first-order chi connectivity index (χ1) is 8.74. The number of nitrogens with zero attached hydrogens (tertiary/aromatic N) is 2. The number of ether oxygens (including phenoxy) is 1. The van der Waals surface area contributed by atoms with E-state index < -0.39 is 0 Å². The molecule has 4 heteroatoms. The fraction of sp³-hybridized carbons (Fsp3) is 0.357. The van der Waals surface area contributed by atoms with Gasteiger partial charge in [0.1, 0.15) is 5.75 Å². The van der Waals surface area contributed by atoms with E-state index in [0.29, 0.717) is 6.10 Å². The molecule has 1 heterocycles. The second-order valence-electron chi connectivity index (χ2n) is 4.75. The van der Waals surface area contributed by atoms with Gasteiger partial charge in [0.25, 0.3) is 0 Å². The lowest BCUT2D eigenvalue weighted by molar-refractivity contribution is 0.303. The summed E-state index contributed by atoms with van der Waals surface area (Å²) in [6, 6.07) is 9.80. The van der Waals surface area contributed by atoms with Gasteiger partial charge in [-0.05, 0) is 36.6 Å². The van der Waals surface area contributed by atoms with Gasteiger partial charge in [0.2, 0.25) is 0 Å². The van der Waals surface area contributed by atoms with Crippen LogP contribution in [0.2, 0.25) is 0 Å². The van der Waals surface area contributed by atoms with Crippen LogP contribution in [0.25, 0.3) is 0 Å². The third-order valence-electron chi connectivity index (χ3n) is 3.22. The number of aromatic nitrogens is 2. The Morgan fingerprint density at radius 1 is 1.39 bits per heavy atom. The monoisotopic (exact) mass is 243 g/mol. The molecular weight excluding hydrogens is 226 g/mol. The van der Waals surface area contributed by atoms with Crippen molar-refractivity contribution in [1.82, 2.24) is 9.78 Å². The zero-order valence-corrected chi connectivity index (χ0v) is 10.4. The molecule has 94 valence electrons. The highest BCUT2D eigenvalue weighted by atomic mass is 16.5. The fourth-order valence-corrected chi connectivity index (χ4v) is 2.02. The molecule has 1 aliphatic rings. The quantitative estimate of drug-likeness (QED) is 0.893. The Morgan fingerprint density at radius 2 is 2.22 bits per heavy atom. The molecule has 1 aliphatic carbocycles. The molecule has 0 spiro atoms. The van der Waals surface area contributed by atoms with Crippen LogP contribution in [0.4, 0.5) is 0 Å². The van der Waals surface area contributed by atoms with Crippen LogP contribution in [0.1, 0.15) is 30.1 Å². The molecule has 0 bridgehead atoms. The minimum absolute atomic E-state index is 0.166. The maximum Gasteiger partial charge on any atom is 0.120 e. The zero-order valence-electron chi connectivity index (χ0n) is 10.4. The summed E-state index contributed by atoms with van der Waals surface area (Å²) in [6.45, 7) is 0. The maximum atomic E-state index is 6.26.